The number of carbonyl (C=O) groups excluding carboxylic acids is 2. The molecule has 0 radical (unpaired) electrons. The van der Waals surface area contributed by atoms with Crippen molar-refractivity contribution in [1.82, 2.24) is 0 Å². The van der Waals surface area contributed by atoms with Gasteiger partial charge in [0.25, 0.3) is 11.6 Å². The molecule has 3 aromatic carbocycles. The van der Waals surface area contributed by atoms with Crippen molar-refractivity contribution in [2.45, 2.75) is 13.0 Å². The molecule has 0 aliphatic rings. The number of rotatable bonds is 7. The van der Waals surface area contributed by atoms with Crippen molar-refractivity contribution in [3.63, 3.8) is 0 Å². The minimum Gasteiger partial charge on any atom is -0.476 e. The van der Waals surface area contributed by atoms with Crippen LogP contribution in [0, 0.1) is 10.1 Å². The second-order valence-corrected chi connectivity index (χ2v) is 6.29. The lowest BCUT2D eigenvalue weighted by Gasteiger charge is -2.19. The van der Waals surface area contributed by atoms with Gasteiger partial charge in [0, 0.05) is 28.9 Å². The fourth-order valence-electron chi connectivity index (χ4n) is 2.71. The number of Topliss-reactive ketones (excluding diaryl/α,β-unsaturated/α-hetero) is 1. The molecule has 1 amide bonds. The maximum Gasteiger partial charge on any atom is 0.270 e. The Balaban J connectivity index is 1.85. The number of anilines is 1. The van der Waals surface area contributed by atoms with E-state index in [1.54, 1.807) is 48.5 Å². The Labute approximate surface area is 167 Å². The summed E-state index contributed by atoms with van der Waals surface area (Å²) in [5.74, 6) is -0.227. The first kappa shape index (κ1) is 19.8. The lowest BCUT2D eigenvalue weighted by molar-refractivity contribution is -0.384. The monoisotopic (exact) mass is 390 g/mol. The lowest BCUT2D eigenvalue weighted by atomic mass is 10.1. The molecule has 29 heavy (non-hydrogen) atoms. The molecule has 0 bridgehead atoms. The Bertz CT molecular complexity index is 1030. The summed E-state index contributed by atoms with van der Waals surface area (Å²) >= 11 is 0. The quantitative estimate of drug-likeness (QED) is 0.362. The molecule has 0 aliphatic carbocycles. The van der Waals surface area contributed by atoms with Gasteiger partial charge in [-0.15, -0.1) is 0 Å². The number of non-ortho nitro benzene ring substituents is 1. The summed E-state index contributed by atoms with van der Waals surface area (Å²) in [6.07, 6.45) is -0.987. The van der Waals surface area contributed by atoms with Crippen LogP contribution in [-0.4, -0.2) is 16.6 Å². The fraction of sp³-hybridized carbons (Fsp3) is 0.0909. The van der Waals surface area contributed by atoms with Crippen molar-refractivity contribution >= 4 is 23.1 Å². The highest BCUT2D eigenvalue weighted by atomic mass is 16.6. The van der Waals surface area contributed by atoms with E-state index in [2.05, 4.69) is 5.32 Å². The van der Waals surface area contributed by atoms with Crippen LogP contribution in [0.2, 0.25) is 0 Å². The third-order valence-corrected chi connectivity index (χ3v) is 4.18. The van der Waals surface area contributed by atoms with Crippen LogP contribution in [0.1, 0.15) is 28.9 Å². The van der Waals surface area contributed by atoms with Gasteiger partial charge in [0.1, 0.15) is 5.75 Å². The number of hydrogen-bond acceptors (Lipinski definition) is 5. The van der Waals surface area contributed by atoms with Gasteiger partial charge < -0.3 is 10.1 Å². The number of nitro groups is 1. The van der Waals surface area contributed by atoms with E-state index in [4.69, 9.17) is 4.74 Å². The van der Waals surface area contributed by atoms with Crippen LogP contribution in [0.4, 0.5) is 11.4 Å². The van der Waals surface area contributed by atoms with Gasteiger partial charge in [-0.1, -0.05) is 42.5 Å². The normalized spacial score (nSPS) is 11.3. The smallest absolute Gasteiger partial charge is 0.270 e. The van der Waals surface area contributed by atoms with Crippen molar-refractivity contribution in [1.29, 1.82) is 0 Å². The molecule has 0 saturated carbocycles. The molecule has 3 rings (SSSR count). The number of nitro benzene ring substituents is 1. The molecule has 0 aromatic heterocycles. The number of nitrogens with one attached hydrogen (secondary N) is 1. The van der Waals surface area contributed by atoms with E-state index in [1.165, 1.54) is 31.2 Å². The number of benzene rings is 3. The summed E-state index contributed by atoms with van der Waals surface area (Å²) < 4.78 is 5.85. The summed E-state index contributed by atoms with van der Waals surface area (Å²) in [6.45, 7) is 1.45. The Morgan fingerprint density at radius 2 is 1.66 bits per heavy atom. The third kappa shape index (κ3) is 5.04. The maximum absolute atomic E-state index is 12.9. The Morgan fingerprint density at radius 1 is 0.966 bits per heavy atom. The van der Waals surface area contributed by atoms with Crippen LogP contribution in [0.25, 0.3) is 0 Å². The van der Waals surface area contributed by atoms with E-state index in [0.29, 0.717) is 22.6 Å². The van der Waals surface area contributed by atoms with Crippen molar-refractivity contribution in [3.8, 4) is 5.75 Å². The Hall–Kier alpha value is -4.00. The van der Waals surface area contributed by atoms with E-state index in [-0.39, 0.29) is 11.5 Å². The highest BCUT2D eigenvalue weighted by Crippen LogP contribution is 2.26. The van der Waals surface area contributed by atoms with E-state index in [1.807, 2.05) is 6.07 Å². The second kappa shape index (κ2) is 8.79. The first-order chi connectivity index (χ1) is 13.9. The van der Waals surface area contributed by atoms with Gasteiger partial charge in [0.2, 0.25) is 6.10 Å². The summed E-state index contributed by atoms with van der Waals surface area (Å²) in [6, 6.07) is 21.0. The molecule has 0 fully saturated rings. The molecule has 0 aliphatic heterocycles. The average Bonchev–Trinajstić information content (AvgIpc) is 2.73. The van der Waals surface area contributed by atoms with Crippen molar-refractivity contribution in [3.05, 3.63) is 100 Å². The zero-order valence-corrected chi connectivity index (χ0v) is 15.6. The van der Waals surface area contributed by atoms with E-state index >= 15 is 0 Å². The molecular weight excluding hydrogens is 372 g/mol. The molecule has 7 heteroatoms. The molecule has 1 N–H and O–H groups in total. The van der Waals surface area contributed by atoms with Gasteiger partial charge in [-0.25, -0.2) is 0 Å². The summed E-state index contributed by atoms with van der Waals surface area (Å²) in [4.78, 5) is 34.8. The van der Waals surface area contributed by atoms with Crippen LogP contribution in [0.5, 0.6) is 5.75 Å². The van der Waals surface area contributed by atoms with Gasteiger partial charge >= 0.3 is 0 Å². The summed E-state index contributed by atoms with van der Waals surface area (Å²) in [5.41, 5.74) is 1.50. The predicted octanol–water partition coefficient (Wildman–Crippen LogP) is 4.56. The minimum absolute atomic E-state index is 0.0703. The van der Waals surface area contributed by atoms with Crippen molar-refractivity contribution in [2.24, 2.45) is 0 Å². The lowest BCUT2D eigenvalue weighted by Crippen LogP contribution is -2.25. The van der Waals surface area contributed by atoms with Gasteiger partial charge in [-0.3, -0.25) is 19.7 Å². The van der Waals surface area contributed by atoms with E-state index in [0.717, 1.165) is 0 Å². The number of hydrogen-bond donors (Lipinski definition) is 1. The molecule has 0 heterocycles. The molecule has 0 spiro atoms. The van der Waals surface area contributed by atoms with Gasteiger partial charge in [-0.05, 0) is 31.2 Å². The SMILES string of the molecule is CC(=O)c1cccc(NC(=O)[C@H](Oc2ccc([N+](=O)[O-])cc2)c2ccccc2)c1. The summed E-state index contributed by atoms with van der Waals surface area (Å²) in [5, 5.41) is 13.6. The largest absolute Gasteiger partial charge is 0.476 e. The van der Waals surface area contributed by atoms with Crippen LogP contribution in [0.15, 0.2) is 78.9 Å². The first-order valence-corrected chi connectivity index (χ1v) is 8.82. The number of nitrogens with zero attached hydrogens (tertiary/aromatic N) is 1. The molecule has 0 saturated heterocycles. The van der Waals surface area contributed by atoms with E-state index in [9.17, 15) is 19.7 Å². The molecule has 1 atom stereocenters. The van der Waals surface area contributed by atoms with Crippen molar-refractivity contribution in [2.75, 3.05) is 5.32 Å². The molecule has 0 unspecified atom stereocenters. The van der Waals surface area contributed by atoms with Gasteiger partial charge in [-0.2, -0.15) is 0 Å². The molecular formula is C22H18N2O5. The zero-order valence-electron chi connectivity index (χ0n) is 15.6. The Morgan fingerprint density at radius 3 is 2.28 bits per heavy atom. The maximum atomic E-state index is 12.9. The predicted molar refractivity (Wildman–Crippen MR) is 108 cm³/mol. The number of ether oxygens (including phenoxy) is 1. The highest BCUT2D eigenvalue weighted by molar-refractivity contribution is 5.98. The van der Waals surface area contributed by atoms with Crippen molar-refractivity contribution < 1.29 is 19.2 Å². The Kier molecular flexibility index (Phi) is 5.99. The average molecular weight is 390 g/mol. The van der Waals surface area contributed by atoms with Crippen LogP contribution >= 0.6 is 0 Å². The standard InChI is InChI=1S/C22H18N2O5/c1-15(25)17-8-5-9-18(14-17)23-22(26)21(16-6-3-2-4-7-16)29-20-12-10-19(11-13-20)24(27)28/h2-14,21H,1H3,(H,23,26)/t21-/m1/s1. The third-order valence-electron chi connectivity index (χ3n) is 4.18. The van der Waals surface area contributed by atoms with Crippen LogP contribution < -0.4 is 10.1 Å². The summed E-state index contributed by atoms with van der Waals surface area (Å²) in [7, 11) is 0. The van der Waals surface area contributed by atoms with E-state index < -0.39 is 16.9 Å². The first-order valence-electron chi connectivity index (χ1n) is 8.82. The fourth-order valence-corrected chi connectivity index (χ4v) is 2.71. The van der Waals surface area contributed by atoms with Crippen LogP contribution in [0.3, 0.4) is 0 Å². The molecule has 3 aromatic rings. The second-order valence-electron chi connectivity index (χ2n) is 6.29. The van der Waals surface area contributed by atoms with Crippen LogP contribution in [-0.2, 0) is 4.79 Å². The van der Waals surface area contributed by atoms with Gasteiger partial charge in [0.15, 0.2) is 5.78 Å². The number of carbonyl (C=O) groups is 2. The number of ketones is 1. The highest BCUT2D eigenvalue weighted by Gasteiger charge is 2.23. The topological polar surface area (TPSA) is 98.5 Å². The van der Waals surface area contributed by atoms with Gasteiger partial charge in [0.05, 0.1) is 4.92 Å². The molecule has 7 nitrogen and oxygen atoms in total. The molecule has 146 valence electrons. The number of amides is 1. The zero-order chi connectivity index (χ0) is 20.8. The minimum atomic E-state index is -0.987.